The number of hydrogen-bond donors (Lipinski definition) is 3. The molecule has 1 aromatic rings. The Balaban J connectivity index is 2.00. The van der Waals surface area contributed by atoms with Crippen molar-refractivity contribution in [3.05, 3.63) is 17.2 Å². The highest BCUT2D eigenvalue weighted by molar-refractivity contribution is 5.87. The summed E-state index contributed by atoms with van der Waals surface area (Å²) in [5, 5.41) is 2.64. The Hall–Kier alpha value is -1.85. The number of nitrogens with zero attached hydrogens (tertiary/aromatic N) is 1. The maximum Gasteiger partial charge on any atom is 0.239 e. The van der Waals surface area contributed by atoms with Crippen molar-refractivity contribution in [2.24, 2.45) is 11.7 Å². The Morgan fingerprint density at radius 1 is 1.56 bits per heavy atom. The van der Waals surface area contributed by atoms with Gasteiger partial charge in [0.2, 0.25) is 11.8 Å². The standard InChI is InChI=1S/C12H18N4O2/c1-6(11(13)17)14-12(18)8-3-4-9-10(5-8)16-7(2)15-9/h6,8H,3-5H2,1-2H3,(H2,13,17)(H,14,18)(H,15,16). The number of imidazole rings is 1. The van der Waals surface area contributed by atoms with Gasteiger partial charge in [-0.15, -0.1) is 0 Å². The van der Waals surface area contributed by atoms with E-state index in [9.17, 15) is 9.59 Å². The molecular weight excluding hydrogens is 232 g/mol. The lowest BCUT2D eigenvalue weighted by Crippen LogP contribution is -2.45. The van der Waals surface area contributed by atoms with Crippen molar-refractivity contribution in [2.45, 2.75) is 39.2 Å². The van der Waals surface area contributed by atoms with Crippen molar-refractivity contribution >= 4 is 11.8 Å². The van der Waals surface area contributed by atoms with E-state index in [2.05, 4.69) is 15.3 Å². The summed E-state index contributed by atoms with van der Waals surface area (Å²) in [5.74, 6) is 0.141. The molecule has 0 aliphatic heterocycles. The van der Waals surface area contributed by atoms with Crippen LogP contribution in [0.25, 0.3) is 0 Å². The van der Waals surface area contributed by atoms with Crippen LogP contribution in [0.1, 0.15) is 30.6 Å². The van der Waals surface area contributed by atoms with Crippen molar-refractivity contribution in [3.63, 3.8) is 0 Å². The number of H-pyrrole nitrogens is 1. The van der Waals surface area contributed by atoms with Crippen LogP contribution < -0.4 is 11.1 Å². The summed E-state index contributed by atoms with van der Waals surface area (Å²) in [5.41, 5.74) is 7.21. The molecule has 18 heavy (non-hydrogen) atoms. The third-order valence-electron chi connectivity index (χ3n) is 3.32. The number of hydrogen-bond acceptors (Lipinski definition) is 3. The fourth-order valence-electron chi connectivity index (χ4n) is 2.25. The summed E-state index contributed by atoms with van der Waals surface area (Å²) < 4.78 is 0. The van der Waals surface area contributed by atoms with Crippen LogP contribution in [0.4, 0.5) is 0 Å². The smallest absolute Gasteiger partial charge is 0.239 e. The molecule has 0 bridgehead atoms. The van der Waals surface area contributed by atoms with E-state index in [-0.39, 0.29) is 11.8 Å². The molecule has 2 amide bonds. The third kappa shape index (κ3) is 2.52. The lowest BCUT2D eigenvalue weighted by Gasteiger charge is -2.22. The van der Waals surface area contributed by atoms with Crippen molar-refractivity contribution in [3.8, 4) is 0 Å². The summed E-state index contributed by atoms with van der Waals surface area (Å²) >= 11 is 0. The second kappa shape index (κ2) is 4.80. The maximum atomic E-state index is 12.0. The largest absolute Gasteiger partial charge is 0.368 e. The molecule has 98 valence electrons. The number of nitrogens with one attached hydrogen (secondary N) is 2. The summed E-state index contributed by atoms with van der Waals surface area (Å²) in [7, 11) is 0. The van der Waals surface area contributed by atoms with Gasteiger partial charge in [-0.2, -0.15) is 0 Å². The number of aryl methyl sites for hydroxylation is 2. The molecule has 6 nitrogen and oxygen atoms in total. The van der Waals surface area contributed by atoms with Gasteiger partial charge in [0.25, 0.3) is 0 Å². The van der Waals surface area contributed by atoms with Crippen LogP contribution in [0.15, 0.2) is 0 Å². The molecule has 0 aromatic carbocycles. The number of rotatable bonds is 3. The molecule has 0 saturated carbocycles. The molecule has 0 radical (unpaired) electrons. The average molecular weight is 250 g/mol. The molecule has 2 atom stereocenters. The molecule has 6 heteroatoms. The lowest BCUT2D eigenvalue weighted by molar-refractivity contribution is -0.129. The summed E-state index contributed by atoms with van der Waals surface area (Å²) in [6.07, 6.45) is 2.20. The zero-order valence-corrected chi connectivity index (χ0v) is 10.6. The Labute approximate surface area is 105 Å². The fourth-order valence-corrected chi connectivity index (χ4v) is 2.25. The number of aromatic nitrogens is 2. The van der Waals surface area contributed by atoms with E-state index in [1.54, 1.807) is 6.92 Å². The number of amides is 2. The Morgan fingerprint density at radius 2 is 2.28 bits per heavy atom. The normalized spacial score (nSPS) is 20.0. The van der Waals surface area contributed by atoms with E-state index in [4.69, 9.17) is 5.73 Å². The monoisotopic (exact) mass is 250 g/mol. The first kappa shape index (κ1) is 12.6. The van der Waals surface area contributed by atoms with Crippen LogP contribution in [0, 0.1) is 12.8 Å². The summed E-state index contributed by atoms with van der Waals surface area (Å²) in [6, 6.07) is -0.623. The topological polar surface area (TPSA) is 101 Å². The van der Waals surface area contributed by atoms with E-state index < -0.39 is 11.9 Å². The van der Waals surface area contributed by atoms with Gasteiger partial charge in [-0.3, -0.25) is 9.59 Å². The summed E-state index contributed by atoms with van der Waals surface area (Å²) in [4.78, 5) is 30.4. The minimum atomic E-state index is -0.623. The van der Waals surface area contributed by atoms with Crippen LogP contribution in [-0.2, 0) is 22.4 Å². The molecule has 1 aliphatic carbocycles. The second-order valence-corrected chi connectivity index (χ2v) is 4.82. The lowest BCUT2D eigenvalue weighted by atomic mass is 9.89. The van der Waals surface area contributed by atoms with Crippen LogP contribution in [0.3, 0.4) is 0 Å². The molecule has 0 spiro atoms. The van der Waals surface area contributed by atoms with Gasteiger partial charge < -0.3 is 16.0 Å². The number of fused-ring (bicyclic) bond motifs is 1. The molecule has 1 aromatic heterocycles. The molecule has 2 unspecified atom stereocenters. The molecule has 0 saturated heterocycles. The first-order valence-electron chi connectivity index (χ1n) is 6.11. The molecule has 4 N–H and O–H groups in total. The second-order valence-electron chi connectivity index (χ2n) is 4.82. The number of primary amides is 1. The molecule has 0 fully saturated rings. The number of carbonyl (C=O) groups is 2. The van der Waals surface area contributed by atoms with Gasteiger partial charge in [0, 0.05) is 18.0 Å². The number of nitrogens with two attached hydrogens (primary N) is 1. The van der Waals surface area contributed by atoms with Crippen LogP contribution in [0.5, 0.6) is 0 Å². The summed E-state index contributed by atoms with van der Waals surface area (Å²) in [6.45, 7) is 3.50. The van der Waals surface area contributed by atoms with Crippen molar-refractivity contribution in [2.75, 3.05) is 0 Å². The predicted octanol–water partition coefficient (Wildman–Crippen LogP) is -0.187. The van der Waals surface area contributed by atoms with Gasteiger partial charge in [0.1, 0.15) is 11.9 Å². The Kier molecular flexibility index (Phi) is 3.36. The van der Waals surface area contributed by atoms with Gasteiger partial charge in [0.05, 0.1) is 5.69 Å². The molecule has 2 rings (SSSR count). The molecule has 1 heterocycles. The van der Waals surface area contributed by atoms with E-state index in [0.29, 0.717) is 6.42 Å². The van der Waals surface area contributed by atoms with Gasteiger partial charge >= 0.3 is 0 Å². The third-order valence-corrected chi connectivity index (χ3v) is 3.32. The first-order valence-corrected chi connectivity index (χ1v) is 6.11. The van der Waals surface area contributed by atoms with Gasteiger partial charge in [-0.05, 0) is 26.7 Å². The van der Waals surface area contributed by atoms with Crippen molar-refractivity contribution in [1.82, 2.24) is 15.3 Å². The van der Waals surface area contributed by atoms with E-state index >= 15 is 0 Å². The quantitative estimate of drug-likeness (QED) is 0.693. The van der Waals surface area contributed by atoms with Crippen LogP contribution in [-0.4, -0.2) is 27.8 Å². The van der Waals surface area contributed by atoms with Crippen molar-refractivity contribution in [1.29, 1.82) is 0 Å². The molecular formula is C12H18N4O2. The zero-order valence-electron chi connectivity index (χ0n) is 10.6. The number of aromatic amines is 1. The van der Waals surface area contributed by atoms with E-state index in [1.807, 2.05) is 6.92 Å². The Morgan fingerprint density at radius 3 is 2.94 bits per heavy atom. The van der Waals surface area contributed by atoms with Crippen molar-refractivity contribution < 1.29 is 9.59 Å². The Bertz CT molecular complexity index is 480. The molecule has 1 aliphatic rings. The minimum absolute atomic E-state index is 0.112. The highest BCUT2D eigenvalue weighted by atomic mass is 16.2. The highest BCUT2D eigenvalue weighted by Crippen LogP contribution is 2.23. The SMILES string of the molecule is Cc1nc2c([nH]1)CC(C(=O)NC(C)C(N)=O)CC2. The van der Waals surface area contributed by atoms with Crippen LogP contribution in [0.2, 0.25) is 0 Å². The van der Waals surface area contributed by atoms with E-state index in [0.717, 1.165) is 30.1 Å². The predicted molar refractivity (Wildman–Crippen MR) is 65.6 cm³/mol. The fraction of sp³-hybridized carbons (Fsp3) is 0.583. The number of carbonyl (C=O) groups excluding carboxylic acids is 2. The highest BCUT2D eigenvalue weighted by Gasteiger charge is 2.28. The van der Waals surface area contributed by atoms with Gasteiger partial charge in [0.15, 0.2) is 0 Å². The first-order chi connectivity index (χ1) is 8.47. The maximum absolute atomic E-state index is 12.0. The van der Waals surface area contributed by atoms with Crippen LogP contribution >= 0.6 is 0 Å². The zero-order chi connectivity index (χ0) is 13.3. The van der Waals surface area contributed by atoms with Gasteiger partial charge in [-0.1, -0.05) is 0 Å². The average Bonchev–Trinajstić information content (AvgIpc) is 2.67. The van der Waals surface area contributed by atoms with Gasteiger partial charge in [-0.25, -0.2) is 4.98 Å². The van der Waals surface area contributed by atoms with E-state index in [1.165, 1.54) is 0 Å². The minimum Gasteiger partial charge on any atom is -0.368 e.